The zero-order chi connectivity index (χ0) is 16.2. The lowest BCUT2D eigenvalue weighted by atomic mass is 9.87. The van der Waals surface area contributed by atoms with E-state index in [-0.39, 0.29) is 17.4 Å². The molecule has 0 bridgehead atoms. The first kappa shape index (κ1) is 17.1. The molecule has 116 valence electrons. The van der Waals surface area contributed by atoms with Crippen molar-refractivity contribution in [3.63, 3.8) is 0 Å². The highest BCUT2D eigenvalue weighted by atomic mass is 19.1. The van der Waals surface area contributed by atoms with E-state index in [1.165, 1.54) is 0 Å². The Labute approximate surface area is 122 Å². The Morgan fingerprint density at radius 3 is 2.14 bits per heavy atom. The first-order valence-corrected chi connectivity index (χ1v) is 6.55. The quantitative estimate of drug-likeness (QED) is 0.878. The molecule has 6 heteroatoms. The summed E-state index contributed by atoms with van der Waals surface area (Å²) < 4.78 is 26.2. The summed E-state index contributed by atoms with van der Waals surface area (Å²) in [5.74, 6) is -3.45. The monoisotopic (exact) mass is 299 g/mol. The number of carboxylic acid groups (broad SMARTS) is 1. The van der Waals surface area contributed by atoms with Gasteiger partial charge in [0.1, 0.15) is 11.6 Å². The van der Waals surface area contributed by atoms with Gasteiger partial charge in [-0.25, -0.2) is 8.78 Å². The fraction of sp³-hybridized carbons (Fsp3) is 0.467. The molecule has 21 heavy (non-hydrogen) atoms. The Balaban J connectivity index is 2.86. The van der Waals surface area contributed by atoms with E-state index in [4.69, 9.17) is 5.11 Å². The number of carbonyl (C=O) groups is 2. The highest BCUT2D eigenvalue weighted by Gasteiger charge is 2.23. The molecule has 0 aliphatic heterocycles. The van der Waals surface area contributed by atoms with Crippen LogP contribution in [0.3, 0.4) is 0 Å². The van der Waals surface area contributed by atoms with Crippen LogP contribution in [-0.2, 0) is 4.79 Å². The highest BCUT2D eigenvalue weighted by molar-refractivity contribution is 5.94. The minimum Gasteiger partial charge on any atom is -0.481 e. The molecule has 0 saturated heterocycles. The number of carbonyl (C=O) groups excluding carboxylic acids is 1. The zero-order valence-electron chi connectivity index (χ0n) is 12.2. The molecule has 0 radical (unpaired) electrons. The van der Waals surface area contributed by atoms with Gasteiger partial charge in [-0.1, -0.05) is 20.8 Å². The third kappa shape index (κ3) is 6.33. The van der Waals surface area contributed by atoms with E-state index in [9.17, 15) is 18.4 Å². The summed E-state index contributed by atoms with van der Waals surface area (Å²) in [4.78, 5) is 22.8. The lowest BCUT2D eigenvalue weighted by molar-refractivity contribution is -0.137. The van der Waals surface area contributed by atoms with Gasteiger partial charge < -0.3 is 10.4 Å². The first-order valence-electron chi connectivity index (χ1n) is 6.55. The molecule has 1 aromatic rings. The normalized spacial score (nSPS) is 12.8. The van der Waals surface area contributed by atoms with Gasteiger partial charge in [0, 0.05) is 17.7 Å². The fourth-order valence-corrected chi connectivity index (χ4v) is 2.08. The van der Waals surface area contributed by atoms with Crippen LogP contribution in [-0.4, -0.2) is 23.0 Å². The largest absolute Gasteiger partial charge is 0.481 e. The van der Waals surface area contributed by atoms with Crippen molar-refractivity contribution in [2.75, 3.05) is 0 Å². The van der Waals surface area contributed by atoms with Crippen LogP contribution in [0.2, 0.25) is 0 Å². The van der Waals surface area contributed by atoms with E-state index in [0.29, 0.717) is 12.5 Å². The molecule has 0 heterocycles. The molecule has 1 atom stereocenters. The van der Waals surface area contributed by atoms with Crippen LogP contribution in [0, 0.1) is 17.0 Å². The number of amides is 1. The van der Waals surface area contributed by atoms with Crippen molar-refractivity contribution in [3.8, 4) is 0 Å². The number of aliphatic carboxylic acids is 1. The topological polar surface area (TPSA) is 66.4 Å². The van der Waals surface area contributed by atoms with E-state index < -0.39 is 29.6 Å². The maximum absolute atomic E-state index is 13.1. The maximum Gasteiger partial charge on any atom is 0.305 e. The molecular formula is C15H19F2NO3. The van der Waals surface area contributed by atoms with Crippen molar-refractivity contribution in [1.82, 2.24) is 5.32 Å². The van der Waals surface area contributed by atoms with E-state index in [2.05, 4.69) is 5.32 Å². The van der Waals surface area contributed by atoms with Crippen LogP contribution in [0.25, 0.3) is 0 Å². The Morgan fingerprint density at radius 1 is 1.19 bits per heavy atom. The first-order chi connectivity index (χ1) is 9.56. The highest BCUT2D eigenvalue weighted by Crippen LogP contribution is 2.22. The minimum absolute atomic E-state index is 0.170. The molecule has 2 N–H and O–H groups in total. The molecule has 0 saturated carbocycles. The van der Waals surface area contributed by atoms with Gasteiger partial charge in [-0.15, -0.1) is 0 Å². The van der Waals surface area contributed by atoms with Crippen molar-refractivity contribution in [2.24, 2.45) is 5.41 Å². The summed E-state index contributed by atoms with van der Waals surface area (Å²) in [5, 5.41) is 11.4. The van der Waals surface area contributed by atoms with Crippen LogP contribution in [0.1, 0.15) is 44.0 Å². The maximum atomic E-state index is 13.1. The predicted molar refractivity (Wildman–Crippen MR) is 73.9 cm³/mol. The average molecular weight is 299 g/mol. The number of benzene rings is 1. The van der Waals surface area contributed by atoms with Crippen LogP contribution < -0.4 is 5.32 Å². The smallest absolute Gasteiger partial charge is 0.305 e. The molecule has 0 aromatic heterocycles. The number of hydrogen-bond donors (Lipinski definition) is 2. The summed E-state index contributed by atoms with van der Waals surface area (Å²) in [6.45, 7) is 5.74. The van der Waals surface area contributed by atoms with E-state index in [0.717, 1.165) is 12.1 Å². The molecule has 0 aliphatic carbocycles. The number of hydrogen-bond acceptors (Lipinski definition) is 2. The number of carboxylic acids is 1. The van der Waals surface area contributed by atoms with Gasteiger partial charge in [-0.05, 0) is 24.0 Å². The van der Waals surface area contributed by atoms with Crippen LogP contribution in [0.4, 0.5) is 8.78 Å². The Bertz CT molecular complexity index is 518. The van der Waals surface area contributed by atoms with Gasteiger partial charge in [-0.2, -0.15) is 0 Å². The fourth-order valence-electron chi connectivity index (χ4n) is 2.08. The Kier molecular flexibility index (Phi) is 5.41. The van der Waals surface area contributed by atoms with Crippen molar-refractivity contribution in [3.05, 3.63) is 35.4 Å². The summed E-state index contributed by atoms with van der Waals surface area (Å²) in [7, 11) is 0. The second-order valence-electron chi connectivity index (χ2n) is 6.19. The van der Waals surface area contributed by atoms with Crippen molar-refractivity contribution < 1.29 is 23.5 Å². The minimum atomic E-state index is -1.05. The number of halogens is 2. The summed E-state index contributed by atoms with van der Waals surface area (Å²) >= 11 is 0. The molecule has 0 fully saturated rings. The molecular weight excluding hydrogens is 280 g/mol. The molecule has 4 nitrogen and oxygen atoms in total. The standard InChI is InChI=1S/C15H19F2NO3/c1-15(2,3)8-12(7-13(19)20)18-14(21)9-4-10(16)6-11(17)5-9/h4-6,12H,7-8H2,1-3H3,(H,18,21)(H,19,20). The predicted octanol–water partition coefficient (Wildman–Crippen LogP) is 2.97. The van der Waals surface area contributed by atoms with E-state index in [1.807, 2.05) is 20.8 Å². The third-order valence-electron chi connectivity index (χ3n) is 2.74. The third-order valence-corrected chi connectivity index (χ3v) is 2.74. The molecule has 0 spiro atoms. The van der Waals surface area contributed by atoms with Crippen molar-refractivity contribution in [1.29, 1.82) is 0 Å². The van der Waals surface area contributed by atoms with Crippen molar-refractivity contribution in [2.45, 2.75) is 39.7 Å². The van der Waals surface area contributed by atoms with E-state index in [1.54, 1.807) is 0 Å². The molecule has 0 aliphatic rings. The van der Waals surface area contributed by atoms with Gasteiger partial charge >= 0.3 is 5.97 Å². The van der Waals surface area contributed by atoms with Gasteiger partial charge in [-0.3, -0.25) is 9.59 Å². The Morgan fingerprint density at radius 2 is 1.71 bits per heavy atom. The summed E-state index contributed by atoms with van der Waals surface area (Å²) in [5.41, 5.74) is -0.363. The van der Waals surface area contributed by atoms with Gasteiger partial charge in [0.25, 0.3) is 5.91 Å². The molecule has 1 aromatic carbocycles. The summed E-state index contributed by atoms with van der Waals surface area (Å²) in [6, 6.07) is 1.88. The number of nitrogens with one attached hydrogen (secondary N) is 1. The molecule has 1 amide bonds. The van der Waals surface area contributed by atoms with Crippen LogP contribution in [0.5, 0.6) is 0 Å². The lowest BCUT2D eigenvalue weighted by Crippen LogP contribution is -2.39. The number of rotatable bonds is 5. The van der Waals surface area contributed by atoms with Crippen LogP contribution >= 0.6 is 0 Å². The second kappa shape index (κ2) is 6.65. The van der Waals surface area contributed by atoms with Crippen LogP contribution in [0.15, 0.2) is 18.2 Å². The summed E-state index contributed by atoms with van der Waals surface area (Å²) in [6.07, 6.45) is 0.184. The van der Waals surface area contributed by atoms with Crippen molar-refractivity contribution >= 4 is 11.9 Å². The average Bonchev–Trinajstić information content (AvgIpc) is 2.23. The zero-order valence-corrected chi connectivity index (χ0v) is 12.2. The second-order valence-corrected chi connectivity index (χ2v) is 6.19. The Hall–Kier alpha value is -1.98. The lowest BCUT2D eigenvalue weighted by Gasteiger charge is -2.25. The SMILES string of the molecule is CC(C)(C)CC(CC(=O)O)NC(=O)c1cc(F)cc(F)c1. The van der Waals surface area contributed by atoms with E-state index >= 15 is 0 Å². The van der Waals surface area contributed by atoms with Gasteiger partial charge in [0.05, 0.1) is 6.42 Å². The molecule has 1 rings (SSSR count). The molecule has 1 unspecified atom stereocenters. The van der Waals surface area contributed by atoms with Gasteiger partial charge in [0.15, 0.2) is 0 Å². The van der Waals surface area contributed by atoms with Gasteiger partial charge in [0.2, 0.25) is 0 Å².